The van der Waals surface area contributed by atoms with Gasteiger partial charge in [-0.15, -0.1) is 0 Å². The Hall–Kier alpha value is -1.72. The Morgan fingerprint density at radius 2 is 1.94 bits per heavy atom. The van der Waals surface area contributed by atoms with Crippen LogP contribution in [0.1, 0.15) is 35.4 Å². The topological polar surface area (TPSA) is 86.6 Å². The molecule has 1 aromatic carbocycles. The van der Waals surface area contributed by atoms with E-state index < -0.39 is 12.2 Å². The second-order valence-electron chi connectivity index (χ2n) is 4.07. The molecule has 5 nitrogen and oxygen atoms in total. The second-order valence-corrected chi connectivity index (χ2v) is 4.07. The van der Waals surface area contributed by atoms with E-state index in [-0.39, 0.29) is 12.3 Å². The minimum absolute atomic E-state index is 0.174. The lowest BCUT2D eigenvalue weighted by Gasteiger charge is -2.18. The van der Waals surface area contributed by atoms with E-state index in [9.17, 15) is 19.8 Å². The van der Waals surface area contributed by atoms with E-state index in [0.717, 1.165) is 0 Å². The third kappa shape index (κ3) is 4.27. The second kappa shape index (κ2) is 6.88. The van der Waals surface area contributed by atoms with E-state index in [4.69, 9.17) is 0 Å². The minimum atomic E-state index is -1.03. The van der Waals surface area contributed by atoms with Gasteiger partial charge in [-0.05, 0) is 12.0 Å². The minimum Gasteiger partial charge on any atom is -0.390 e. The van der Waals surface area contributed by atoms with Crippen molar-refractivity contribution in [3.05, 3.63) is 35.4 Å². The van der Waals surface area contributed by atoms with Crippen molar-refractivity contribution in [1.29, 1.82) is 0 Å². The van der Waals surface area contributed by atoms with Crippen LogP contribution in [0.5, 0.6) is 0 Å². The van der Waals surface area contributed by atoms with Crippen molar-refractivity contribution in [2.45, 2.75) is 25.6 Å². The Labute approximate surface area is 105 Å². The van der Waals surface area contributed by atoms with E-state index in [0.29, 0.717) is 24.0 Å². The maximum Gasteiger partial charge on any atom is 0.216 e. The molecule has 1 amide bonds. The zero-order valence-corrected chi connectivity index (χ0v) is 10.2. The summed E-state index contributed by atoms with van der Waals surface area (Å²) in [5.41, 5.74) is 1.05. The number of aldehydes is 1. The number of rotatable bonds is 6. The highest BCUT2D eigenvalue weighted by molar-refractivity contribution is 5.74. The summed E-state index contributed by atoms with van der Waals surface area (Å²) >= 11 is 0. The normalized spacial score (nSPS) is 13.7. The zero-order chi connectivity index (χ0) is 13.5. The lowest BCUT2D eigenvalue weighted by molar-refractivity contribution is -0.119. The molecule has 0 aliphatic carbocycles. The first-order valence-corrected chi connectivity index (χ1v) is 5.70. The number of carbonyl (C=O) groups is 2. The molecule has 0 fully saturated rings. The van der Waals surface area contributed by atoms with Gasteiger partial charge in [0.05, 0.1) is 6.10 Å². The molecule has 1 rings (SSSR count). The summed E-state index contributed by atoms with van der Waals surface area (Å²) in [5.74, 6) is -0.174. The molecule has 0 bridgehead atoms. The Morgan fingerprint density at radius 1 is 1.33 bits per heavy atom. The number of nitrogens with one attached hydrogen (secondary N) is 1. The van der Waals surface area contributed by atoms with E-state index >= 15 is 0 Å². The van der Waals surface area contributed by atoms with Crippen molar-refractivity contribution < 1.29 is 19.8 Å². The molecule has 0 aromatic heterocycles. The lowest BCUT2D eigenvalue weighted by atomic mass is 10.0. The first kappa shape index (κ1) is 14.3. The summed E-state index contributed by atoms with van der Waals surface area (Å²) in [5, 5.41) is 22.2. The Bertz CT molecular complexity index is 402. The lowest BCUT2D eigenvalue weighted by Crippen LogP contribution is -2.27. The number of benzene rings is 1. The van der Waals surface area contributed by atoms with Crippen molar-refractivity contribution in [2.24, 2.45) is 0 Å². The first-order valence-electron chi connectivity index (χ1n) is 5.70. The van der Waals surface area contributed by atoms with Crippen LogP contribution in [0.15, 0.2) is 24.3 Å². The van der Waals surface area contributed by atoms with E-state index in [2.05, 4.69) is 5.32 Å². The van der Waals surface area contributed by atoms with Crippen molar-refractivity contribution in [3.8, 4) is 0 Å². The van der Waals surface area contributed by atoms with E-state index in [1.807, 2.05) is 0 Å². The fourth-order valence-electron chi connectivity index (χ4n) is 1.55. The van der Waals surface area contributed by atoms with Crippen LogP contribution in [0.4, 0.5) is 0 Å². The van der Waals surface area contributed by atoms with Gasteiger partial charge in [0.15, 0.2) is 0 Å². The fourth-order valence-corrected chi connectivity index (χ4v) is 1.55. The molecular weight excluding hydrogens is 234 g/mol. The van der Waals surface area contributed by atoms with Gasteiger partial charge in [-0.3, -0.25) is 9.59 Å². The van der Waals surface area contributed by atoms with Gasteiger partial charge in [-0.2, -0.15) is 0 Å². The van der Waals surface area contributed by atoms with Crippen LogP contribution in [0.2, 0.25) is 0 Å². The average Bonchev–Trinajstić information content (AvgIpc) is 2.37. The van der Waals surface area contributed by atoms with Crippen molar-refractivity contribution in [2.75, 3.05) is 6.54 Å². The maximum absolute atomic E-state index is 10.6. The van der Waals surface area contributed by atoms with Gasteiger partial charge in [0, 0.05) is 19.0 Å². The molecule has 1 aromatic rings. The third-order valence-electron chi connectivity index (χ3n) is 2.59. The van der Waals surface area contributed by atoms with Crippen LogP contribution < -0.4 is 5.32 Å². The van der Waals surface area contributed by atoms with Crippen LogP contribution in [-0.2, 0) is 4.79 Å². The Morgan fingerprint density at radius 3 is 2.44 bits per heavy atom. The standard InChI is InChI=1S/C13H17NO4/c1-9(16)14-7-6-12(17)13(18)11-4-2-10(8-15)3-5-11/h2-5,8,12-13,17-18H,6-7H2,1H3,(H,14,16). The summed E-state index contributed by atoms with van der Waals surface area (Å²) in [6.45, 7) is 1.70. The van der Waals surface area contributed by atoms with Crippen molar-refractivity contribution >= 4 is 12.2 Å². The van der Waals surface area contributed by atoms with Gasteiger partial charge in [-0.25, -0.2) is 0 Å². The molecule has 0 radical (unpaired) electrons. The molecule has 18 heavy (non-hydrogen) atoms. The highest BCUT2D eigenvalue weighted by Crippen LogP contribution is 2.18. The van der Waals surface area contributed by atoms with Gasteiger partial charge >= 0.3 is 0 Å². The molecule has 0 saturated carbocycles. The smallest absolute Gasteiger partial charge is 0.216 e. The van der Waals surface area contributed by atoms with Crippen LogP contribution in [-0.4, -0.2) is 35.1 Å². The molecule has 0 spiro atoms. The molecule has 0 saturated heterocycles. The fraction of sp³-hybridized carbons (Fsp3) is 0.385. The highest BCUT2D eigenvalue weighted by Gasteiger charge is 2.17. The van der Waals surface area contributed by atoms with Crippen LogP contribution in [0, 0.1) is 0 Å². The summed E-state index contributed by atoms with van der Waals surface area (Å²) in [6.07, 6.45) is -1.02. The van der Waals surface area contributed by atoms with Crippen LogP contribution in [0.3, 0.4) is 0 Å². The summed E-state index contributed by atoms with van der Waals surface area (Å²) in [4.78, 5) is 21.1. The SMILES string of the molecule is CC(=O)NCCC(O)C(O)c1ccc(C=O)cc1. The van der Waals surface area contributed by atoms with Gasteiger partial charge < -0.3 is 15.5 Å². The summed E-state index contributed by atoms with van der Waals surface area (Å²) < 4.78 is 0. The molecule has 98 valence electrons. The largest absolute Gasteiger partial charge is 0.390 e. The van der Waals surface area contributed by atoms with Crippen molar-refractivity contribution in [1.82, 2.24) is 5.32 Å². The van der Waals surface area contributed by atoms with E-state index in [1.165, 1.54) is 6.92 Å². The van der Waals surface area contributed by atoms with E-state index in [1.54, 1.807) is 24.3 Å². The van der Waals surface area contributed by atoms with Gasteiger partial charge in [0.25, 0.3) is 0 Å². The first-order chi connectivity index (χ1) is 8.54. The van der Waals surface area contributed by atoms with Crippen molar-refractivity contribution in [3.63, 3.8) is 0 Å². The van der Waals surface area contributed by atoms with Gasteiger partial charge in [0.1, 0.15) is 12.4 Å². The van der Waals surface area contributed by atoms with Crippen LogP contribution in [0.25, 0.3) is 0 Å². The quantitative estimate of drug-likeness (QED) is 0.639. The molecule has 2 atom stereocenters. The Balaban J connectivity index is 2.53. The number of aliphatic hydroxyl groups excluding tert-OH is 2. The van der Waals surface area contributed by atoms with Gasteiger partial charge in [0.2, 0.25) is 5.91 Å². The number of amides is 1. The highest BCUT2D eigenvalue weighted by atomic mass is 16.3. The monoisotopic (exact) mass is 251 g/mol. The number of hydrogen-bond donors (Lipinski definition) is 3. The molecule has 0 aliphatic rings. The van der Waals surface area contributed by atoms with Gasteiger partial charge in [-0.1, -0.05) is 24.3 Å². The molecule has 3 N–H and O–H groups in total. The summed E-state index contributed by atoms with van der Waals surface area (Å²) in [6, 6.07) is 6.34. The average molecular weight is 251 g/mol. The predicted octanol–water partition coefficient (Wildman–Crippen LogP) is 0.420. The third-order valence-corrected chi connectivity index (χ3v) is 2.59. The Kier molecular flexibility index (Phi) is 5.48. The van der Waals surface area contributed by atoms with Crippen LogP contribution >= 0.6 is 0 Å². The number of aliphatic hydroxyl groups is 2. The molecular formula is C13H17NO4. The molecule has 0 aliphatic heterocycles. The molecule has 5 heteroatoms. The number of carbonyl (C=O) groups excluding carboxylic acids is 2. The zero-order valence-electron chi connectivity index (χ0n) is 10.2. The number of hydrogen-bond acceptors (Lipinski definition) is 4. The summed E-state index contributed by atoms with van der Waals surface area (Å²) in [7, 11) is 0. The predicted molar refractivity (Wildman–Crippen MR) is 66.1 cm³/mol. The maximum atomic E-state index is 10.6. The molecule has 0 heterocycles. The molecule has 2 unspecified atom stereocenters.